The van der Waals surface area contributed by atoms with E-state index in [9.17, 15) is 9.90 Å². The molecule has 1 fully saturated rings. The SMILES string of the molecule is O=C(O)N1CCC(CCc2noc3c(CO)c(-c4ccccc4)ccc23)CC1. The molecule has 0 aliphatic carbocycles. The molecular formula is C22H24N2O4. The molecule has 1 amide bonds. The van der Waals surface area contributed by atoms with Gasteiger partial charge in [-0.1, -0.05) is 41.6 Å². The maximum Gasteiger partial charge on any atom is 0.407 e. The van der Waals surface area contributed by atoms with E-state index < -0.39 is 6.09 Å². The lowest BCUT2D eigenvalue weighted by Gasteiger charge is -2.29. The number of likely N-dealkylation sites (tertiary alicyclic amines) is 1. The Morgan fingerprint density at radius 1 is 1.14 bits per heavy atom. The van der Waals surface area contributed by atoms with Gasteiger partial charge in [-0.25, -0.2) is 4.79 Å². The molecular weight excluding hydrogens is 356 g/mol. The number of aryl methyl sites for hydroxylation is 1. The normalized spacial score (nSPS) is 15.2. The molecule has 6 heteroatoms. The zero-order chi connectivity index (χ0) is 19.5. The standard InChI is InChI=1S/C22H24N2O4/c25-14-19-17(16-4-2-1-3-5-16)7-8-18-20(23-28-21(18)19)9-6-15-10-12-24(13-11-15)22(26)27/h1-5,7-8,15,25H,6,9-14H2,(H,26,27). The lowest BCUT2D eigenvalue weighted by molar-refractivity contribution is 0.123. The Morgan fingerprint density at radius 3 is 2.57 bits per heavy atom. The molecule has 0 atom stereocenters. The van der Waals surface area contributed by atoms with Crippen LogP contribution < -0.4 is 0 Å². The lowest BCUT2D eigenvalue weighted by Crippen LogP contribution is -2.37. The van der Waals surface area contributed by atoms with Gasteiger partial charge >= 0.3 is 6.09 Å². The third-order valence-electron chi connectivity index (χ3n) is 5.74. The molecule has 146 valence electrons. The first kappa shape index (κ1) is 18.5. The van der Waals surface area contributed by atoms with Crippen molar-refractivity contribution in [3.63, 3.8) is 0 Å². The number of aliphatic hydroxyl groups excluding tert-OH is 1. The first-order valence-corrected chi connectivity index (χ1v) is 9.71. The number of fused-ring (bicyclic) bond motifs is 1. The van der Waals surface area contributed by atoms with Crippen molar-refractivity contribution in [3.05, 3.63) is 53.7 Å². The Hall–Kier alpha value is -2.86. The van der Waals surface area contributed by atoms with Crippen molar-refractivity contribution in [1.82, 2.24) is 10.1 Å². The molecule has 3 aromatic rings. The van der Waals surface area contributed by atoms with Gasteiger partial charge in [0.25, 0.3) is 0 Å². The number of nitrogens with zero attached hydrogens (tertiary/aromatic N) is 2. The van der Waals surface area contributed by atoms with Crippen LogP contribution in [0.2, 0.25) is 0 Å². The Bertz CT molecular complexity index is 959. The molecule has 1 aromatic heterocycles. The van der Waals surface area contributed by atoms with Crippen LogP contribution in [0, 0.1) is 5.92 Å². The van der Waals surface area contributed by atoms with Crippen LogP contribution in [0.3, 0.4) is 0 Å². The zero-order valence-corrected chi connectivity index (χ0v) is 15.7. The van der Waals surface area contributed by atoms with Gasteiger partial charge < -0.3 is 19.6 Å². The van der Waals surface area contributed by atoms with Crippen molar-refractivity contribution in [2.24, 2.45) is 5.92 Å². The first-order valence-electron chi connectivity index (χ1n) is 9.71. The monoisotopic (exact) mass is 380 g/mol. The van der Waals surface area contributed by atoms with Crippen LogP contribution in [0.15, 0.2) is 47.0 Å². The van der Waals surface area contributed by atoms with Crippen molar-refractivity contribution >= 4 is 17.1 Å². The van der Waals surface area contributed by atoms with Crippen molar-refractivity contribution in [2.45, 2.75) is 32.3 Å². The highest BCUT2D eigenvalue weighted by Crippen LogP contribution is 2.33. The molecule has 28 heavy (non-hydrogen) atoms. The summed E-state index contributed by atoms with van der Waals surface area (Å²) in [5.74, 6) is 0.503. The molecule has 2 heterocycles. The largest absolute Gasteiger partial charge is 0.465 e. The quantitative estimate of drug-likeness (QED) is 0.689. The minimum Gasteiger partial charge on any atom is -0.465 e. The average molecular weight is 380 g/mol. The maximum absolute atomic E-state index is 11.0. The Balaban J connectivity index is 1.51. The molecule has 0 saturated carbocycles. The summed E-state index contributed by atoms with van der Waals surface area (Å²) >= 11 is 0. The fourth-order valence-corrected chi connectivity index (χ4v) is 4.09. The van der Waals surface area contributed by atoms with Gasteiger partial charge in [0.15, 0.2) is 5.58 Å². The third kappa shape index (κ3) is 3.60. The maximum atomic E-state index is 11.0. The van der Waals surface area contributed by atoms with Gasteiger partial charge in [0, 0.05) is 24.0 Å². The Morgan fingerprint density at radius 2 is 1.89 bits per heavy atom. The highest BCUT2D eigenvalue weighted by Gasteiger charge is 2.23. The number of hydrogen-bond donors (Lipinski definition) is 2. The van der Waals surface area contributed by atoms with Crippen LogP contribution in [0.25, 0.3) is 22.1 Å². The number of hydrogen-bond acceptors (Lipinski definition) is 4. The summed E-state index contributed by atoms with van der Waals surface area (Å²) in [5, 5.41) is 24.2. The molecule has 0 radical (unpaired) electrons. The van der Waals surface area contributed by atoms with Crippen LogP contribution in [0.5, 0.6) is 0 Å². The van der Waals surface area contributed by atoms with Gasteiger partial charge in [0.1, 0.15) is 0 Å². The van der Waals surface area contributed by atoms with E-state index in [4.69, 9.17) is 9.63 Å². The smallest absolute Gasteiger partial charge is 0.407 e. The van der Waals surface area contributed by atoms with Gasteiger partial charge in [0.2, 0.25) is 0 Å². The van der Waals surface area contributed by atoms with Crippen molar-refractivity contribution < 1.29 is 19.5 Å². The van der Waals surface area contributed by atoms with Crippen LogP contribution in [0.1, 0.15) is 30.5 Å². The lowest BCUT2D eigenvalue weighted by atomic mass is 9.91. The summed E-state index contributed by atoms with van der Waals surface area (Å²) < 4.78 is 5.63. The number of piperidine rings is 1. The first-order chi connectivity index (χ1) is 13.7. The van der Waals surface area contributed by atoms with Gasteiger partial charge in [0.05, 0.1) is 12.3 Å². The highest BCUT2D eigenvalue weighted by atomic mass is 16.5. The van der Waals surface area contributed by atoms with Gasteiger partial charge in [-0.3, -0.25) is 0 Å². The fraction of sp³-hybridized carbons (Fsp3) is 0.364. The Labute approximate surface area is 163 Å². The average Bonchev–Trinajstić information content (AvgIpc) is 3.15. The van der Waals surface area contributed by atoms with E-state index in [1.54, 1.807) is 0 Å². The molecule has 2 N–H and O–H groups in total. The van der Waals surface area contributed by atoms with Crippen LogP contribution >= 0.6 is 0 Å². The van der Waals surface area contributed by atoms with E-state index in [1.807, 2.05) is 42.5 Å². The number of carboxylic acid groups (broad SMARTS) is 1. The molecule has 1 saturated heterocycles. The fourth-order valence-electron chi connectivity index (χ4n) is 4.09. The van der Waals surface area contributed by atoms with E-state index in [0.717, 1.165) is 53.5 Å². The minimum atomic E-state index is -0.827. The topological polar surface area (TPSA) is 86.8 Å². The van der Waals surface area contributed by atoms with Gasteiger partial charge in [-0.15, -0.1) is 0 Å². The molecule has 0 spiro atoms. The molecule has 2 aromatic carbocycles. The molecule has 0 unspecified atom stereocenters. The summed E-state index contributed by atoms with van der Waals surface area (Å²) in [5.41, 5.74) is 4.32. The third-order valence-corrected chi connectivity index (χ3v) is 5.74. The van der Waals surface area contributed by atoms with E-state index >= 15 is 0 Å². The van der Waals surface area contributed by atoms with Crippen LogP contribution in [0.4, 0.5) is 4.79 Å². The van der Waals surface area contributed by atoms with E-state index in [-0.39, 0.29) is 6.61 Å². The molecule has 0 bridgehead atoms. The van der Waals surface area contributed by atoms with Crippen molar-refractivity contribution in [2.75, 3.05) is 13.1 Å². The van der Waals surface area contributed by atoms with E-state index in [1.165, 1.54) is 4.90 Å². The predicted molar refractivity (Wildman–Crippen MR) is 106 cm³/mol. The summed E-state index contributed by atoms with van der Waals surface area (Å²) in [4.78, 5) is 12.5. The zero-order valence-electron chi connectivity index (χ0n) is 15.7. The van der Waals surface area contributed by atoms with E-state index in [0.29, 0.717) is 24.6 Å². The van der Waals surface area contributed by atoms with Gasteiger partial charge in [-0.05, 0) is 48.8 Å². The van der Waals surface area contributed by atoms with Crippen LogP contribution in [-0.4, -0.2) is 39.5 Å². The molecule has 6 nitrogen and oxygen atoms in total. The van der Waals surface area contributed by atoms with Crippen molar-refractivity contribution in [3.8, 4) is 11.1 Å². The summed E-state index contributed by atoms with van der Waals surface area (Å²) in [6.07, 6.45) is 2.71. The van der Waals surface area contributed by atoms with Crippen molar-refractivity contribution in [1.29, 1.82) is 0 Å². The molecule has 1 aliphatic heterocycles. The minimum absolute atomic E-state index is 0.107. The van der Waals surface area contributed by atoms with E-state index in [2.05, 4.69) is 5.16 Å². The Kier molecular flexibility index (Phi) is 5.30. The second-order valence-electron chi connectivity index (χ2n) is 7.37. The predicted octanol–water partition coefficient (Wildman–Crippen LogP) is 4.31. The second-order valence-corrected chi connectivity index (χ2v) is 7.37. The molecule has 4 rings (SSSR count). The highest BCUT2D eigenvalue weighted by molar-refractivity contribution is 5.89. The van der Waals surface area contributed by atoms with Crippen LogP contribution in [-0.2, 0) is 13.0 Å². The number of amides is 1. The number of aromatic nitrogens is 1. The number of aliphatic hydroxyl groups is 1. The molecule has 1 aliphatic rings. The van der Waals surface area contributed by atoms with Gasteiger partial charge in [-0.2, -0.15) is 0 Å². The number of benzene rings is 2. The summed E-state index contributed by atoms with van der Waals surface area (Å²) in [6, 6.07) is 14.0. The number of carbonyl (C=O) groups is 1. The summed E-state index contributed by atoms with van der Waals surface area (Å²) in [7, 11) is 0. The second kappa shape index (κ2) is 8.02. The number of rotatable bonds is 5. The summed E-state index contributed by atoms with van der Waals surface area (Å²) in [6.45, 7) is 1.10.